The summed E-state index contributed by atoms with van der Waals surface area (Å²) >= 11 is 0. The third-order valence-electron chi connectivity index (χ3n) is 6.67. The maximum Gasteiger partial charge on any atom is 0.265 e. The van der Waals surface area contributed by atoms with Gasteiger partial charge in [0.05, 0.1) is 17.0 Å². The van der Waals surface area contributed by atoms with Crippen molar-refractivity contribution in [2.75, 3.05) is 24.5 Å². The van der Waals surface area contributed by atoms with Crippen LogP contribution >= 0.6 is 0 Å². The number of fused-ring (bicyclic) bond motifs is 3. The van der Waals surface area contributed by atoms with Crippen LogP contribution in [-0.2, 0) is 20.7 Å². The van der Waals surface area contributed by atoms with Crippen molar-refractivity contribution in [2.24, 2.45) is 5.92 Å². The lowest BCUT2D eigenvalue weighted by Gasteiger charge is -2.48. The number of ether oxygens (including phenoxy) is 1. The fraction of sp³-hybridized carbons (Fsp3) is 0.476. The highest BCUT2D eigenvalue weighted by Crippen LogP contribution is 2.50. The first-order valence-electron chi connectivity index (χ1n) is 10.5. The maximum atomic E-state index is 15.8. The van der Waals surface area contributed by atoms with Crippen molar-refractivity contribution in [2.45, 2.75) is 38.3 Å². The highest BCUT2D eigenvalue weighted by Gasteiger charge is 2.52. The SMILES string of the molecule is CC1CN(C2=CC3Cc4c(F)noc4N4C5=C(OC(=C2F)C34)C(=O)C(=O)CC5)CCN1. The van der Waals surface area contributed by atoms with E-state index in [9.17, 15) is 14.0 Å². The first-order chi connectivity index (χ1) is 14.9. The first-order valence-corrected chi connectivity index (χ1v) is 10.5. The van der Waals surface area contributed by atoms with Gasteiger partial charge in [0.25, 0.3) is 11.7 Å². The molecule has 1 aromatic heterocycles. The number of carbonyl (C=O) groups excluding carboxylic acids is 2. The molecule has 31 heavy (non-hydrogen) atoms. The number of piperazine rings is 1. The molecule has 162 valence electrons. The summed E-state index contributed by atoms with van der Waals surface area (Å²) in [6.07, 6.45) is 2.34. The molecule has 2 aliphatic carbocycles. The molecule has 6 rings (SSSR count). The summed E-state index contributed by atoms with van der Waals surface area (Å²) in [4.78, 5) is 28.2. The van der Waals surface area contributed by atoms with E-state index in [1.807, 2.05) is 17.9 Å². The van der Waals surface area contributed by atoms with Crippen LogP contribution in [0.2, 0.25) is 0 Å². The summed E-state index contributed by atoms with van der Waals surface area (Å²) < 4.78 is 41.3. The Bertz CT molecular complexity index is 1120. The molecule has 4 heterocycles. The molecule has 3 atom stereocenters. The molecule has 3 unspecified atom stereocenters. The lowest BCUT2D eigenvalue weighted by molar-refractivity contribution is -0.137. The van der Waals surface area contributed by atoms with Gasteiger partial charge in [0, 0.05) is 38.0 Å². The zero-order valence-electron chi connectivity index (χ0n) is 16.8. The fourth-order valence-corrected chi connectivity index (χ4v) is 5.25. The van der Waals surface area contributed by atoms with E-state index >= 15 is 4.39 Å². The Labute approximate surface area is 176 Å². The number of rotatable bonds is 1. The van der Waals surface area contributed by atoms with Gasteiger partial charge in [-0.2, -0.15) is 4.39 Å². The van der Waals surface area contributed by atoms with Gasteiger partial charge in [-0.3, -0.25) is 14.5 Å². The van der Waals surface area contributed by atoms with Gasteiger partial charge >= 0.3 is 0 Å². The number of anilines is 1. The van der Waals surface area contributed by atoms with Crippen LogP contribution in [0.5, 0.6) is 0 Å². The van der Waals surface area contributed by atoms with Gasteiger partial charge < -0.3 is 19.5 Å². The van der Waals surface area contributed by atoms with Crippen LogP contribution in [0.25, 0.3) is 0 Å². The zero-order chi connectivity index (χ0) is 21.4. The average molecular weight is 430 g/mol. The molecule has 3 aliphatic heterocycles. The average Bonchev–Trinajstić information content (AvgIpc) is 3.13. The van der Waals surface area contributed by atoms with E-state index in [0.29, 0.717) is 31.0 Å². The number of allylic oxidation sites excluding steroid dienone is 3. The second kappa shape index (κ2) is 6.49. The molecule has 0 spiro atoms. The zero-order valence-corrected chi connectivity index (χ0v) is 16.8. The topological polar surface area (TPSA) is 87.9 Å². The van der Waals surface area contributed by atoms with Crippen molar-refractivity contribution in [3.05, 3.63) is 46.3 Å². The number of Topliss-reactive ketones (excluding diaryl/α,β-unsaturated/α-hetero) is 2. The van der Waals surface area contributed by atoms with E-state index in [2.05, 4.69) is 10.5 Å². The Morgan fingerprint density at radius 3 is 2.90 bits per heavy atom. The van der Waals surface area contributed by atoms with Crippen LogP contribution in [0.4, 0.5) is 14.7 Å². The normalized spacial score (nSPS) is 30.0. The fourth-order valence-electron chi connectivity index (χ4n) is 5.25. The second-order valence-corrected chi connectivity index (χ2v) is 8.60. The Kier molecular flexibility index (Phi) is 3.92. The predicted molar refractivity (Wildman–Crippen MR) is 103 cm³/mol. The number of hydrogen-bond donors (Lipinski definition) is 1. The number of nitrogens with zero attached hydrogens (tertiary/aromatic N) is 3. The van der Waals surface area contributed by atoms with Gasteiger partial charge in [-0.25, -0.2) is 4.39 Å². The summed E-state index contributed by atoms with van der Waals surface area (Å²) in [5.41, 5.74) is 1.08. The number of carbonyl (C=O) groups is 2. The number of nitrogens with one attached hydrogen (secondary N) is 1. The third-order valence-corrected chi connectivity index (χ3v) is 6.67. The van der Waals surface area contributed by atoms with E-state index in [1.54, 1.807) is 4.90 Å². The molecule has 1 fully saturated rings. The van der Waals surface area contributed by atoms with Crippen molar-refractivity contribution in [1.29, 1.82) is 0 Å². The van der Waals surface area contributed by atoms with Crippen molar-refractivity contribution in [1.82, 2.24) is 15.4 Å². The summed E-state index contributed by atoms with van der Waals surface area (Å²) in [6.45, 7) is 3.93. The highest BCUT2D eigenvalue weighted by molar-refractivity contribution is 6.44. The van der Waals surface area contributed by atoms with E-state index in [1.165, 1.54) is 0 Å². The summed E-state index contributed by atoms with van der Waals surface area (Å²) in [6, 6.07) is -0.446. The van der Waals surface area contributed by atoms with Crippen LogP contribution < -0.4 is 10.2 Å². The van der Waals surface area contributed by atoms with Crippen molar-refractivity contribution < 1.29 is 27.6 Å². The molecule has 8 nitrogen and oxygen atoms in total. The van der Waals surface area contributed by atoms with E-state index in [0.717, 1.165) is 0 Å². The molecule has 0 amide bonds. The van der Waals surface area contributed by atoms with Gasteiger partial charge in [0.15, 0.2) is 17.3 Å². The summed E-state index contributed by atoms with van der Waals surface area (Å²) in [5.74, 6) is -3.06. The maximum absolute atomic E-state index is 15.8. The molecule has 0 saturated carbocycles. The van der Waals surface area contributed by atoms with Crippen molar-refractivity contribution in [3.63, 3.8) is 0 Å². The molecular formula is C21H20F2N4O4. The largest absolute Gasteiger partial charge is 0.450 e. The van der Waals surface area contributed by atoms with E-state index in [-0.39, 0.29) is 54.2 Å². The molecule has 1 aromatic rings. The lowest BCUT2D eigenvalue weighted by Crippen LogP contribution is -2.54. The lowest BCUT2D eigenvalue weighted by atomic mass is 9.80. The van der Waals surface area contributed by atoms with Gasteiger partial charge in [-0.15, -0.1) is 0 Å². The van der Waals surface area contributed by atoms with Crippen LogP contribution in [-0.4, -0.2) is 53.3 Å². The van der Waals surface area contributed by atoms with Crippen LogP contribution in [0, 0.1) is 11.9 Å². The quantitative estimate of drug-likeness (QED) is 0.674. The second-order valence-electron chi connectivity index (χ2n) is 8.60. The van der Waals surface area contributed by atoms with E-state index in [4.69, 9.17) is 9.26 Å². The van der Waals surface area contributed by atoms with Crippen LogP contribution in [0.1, 0.15) is 25.3 Å². The number of ketones is 2. The minimum atomic E-state index is -0.796. The third kappa shape index (κ3) is 2.57. The standard InChI is InChI=1S/C21H20F2N4O4/c1-9-8-26(5-4-24-9)13-7-10-6-11-20(23)25-31-21(11)27-12-2-3-14(28)17(29)18(12)30-19(15(13)22)16(10)27/h7,9-10,16,24H,2-6,8H2,1H3. The summed E-state index contributed by atoms with van der Waals surface area (Å²) in [7, 11) is 0. The highest BCUT2D eigenvalue weighted by atomic mass is 19.1. The van der Waals surface area contributed by atoms with Crippen molar-refractivity contribution in [3.8, 4) is 0 Å². The first kappa shape index (κ1) is 18.7. The predicted octanol–water partition coefficient (Wildman–Crippen LogP) is 1.71. The van der Waals surface area contributed by atoms with Gasteiger partial charge in [-0.05, 0) is 24.9 Å². The van der Waals surface area contributed by atoms with Crippen molar-refractivity contribution >= 4 is 17.5 Å². The molecule has 0 radical (unpaired) electrons. The Morgan fingerprint density at radius 2 is 2.10 bits per heavy atom. The number of aromatic nitrogens is 1. The van der Waals surface area contributed by atoms with Crippen LogP contribution in [0.3, 0.4) is 0 Å². The Balaban J connectivity index is 1.53. The summed E-state index contributed by atoms with van der Waals surface area (Å²) in [5, 5.41) is 6.79. The molecule has 10 heteroatoms. The molecule has 1 N–H and O–H groups in total. The van der Waals surface area contributed by atoms with Gasteiger partial charge in [0.2, 0.25) is 11.7 Å². The minimum absolute atomic E-state index is 0.0160. The van der Waals surface area contributed by atoms with Gasteiger partial charge in [0.1, 0.15) is 6.04 Å². The Hall–Kier alpha value is -3.01. The molecular weight excluding hydrogens is 410 g/mol. The van der Waals surface area contributed by atoms with Gasteiger partial charge in [-0.1, -0.05) is 6.08 Å². The van der Waals surface area contributed by atoms with Crippen LogP contribution in [0.15, 0.2) is 39.3 Å². The monoisotopic (exact) mass is 430 g/mol. The number of hydrogen-bond acceptors (Lipinski definition) is 8. The molecule has 5 aliphatic rings. The molecule has 0 aromatic carbocycles. The minimum Gasteiger partial charge on any atom is -0.450 e. The molecule has 0 bridgehead atoms. The molecule has 1 saturated heterocycles. The van der Waals surface area contributed by atoms with E-state index < -0.39 is 29.4 Å². The Morgan fingerprint density at radius 1 is 1.26 bits per heavy atom. The number of halogens is 2. The smallest absolute Gasteiger partial charge is 0.265 e.